The fourth-order valence-corrected chi connectivity index (χ4v) is 2.18. The minimum Gasteiger partial charge on any atom is -0.399 e. The molecule has 0 aliphatic rings. The van der Waals surface area contributed by atoms with Crippen LogP contribution in [-0.4, -0.2) is 4.57 Å². The van der Waals surface area contributed by atoms with Crippen molar-refractivity contribution in [3.63, 3.8) is 0 Å². The molecular formula is C15H18N2. The summed E-state index contributed by atoms with van der Waals surface area (Å²) < 4.78 is 2.18. The average Bonchev–Trinajstić information content (AvgIpc) is 2.66. The Kier molecular flexibility index (Phi) is 3.05. The van der Waals surface area contributed by atoms with E-state index in [9.17, 15) is 0 Å². The second-order valence-corrected chi connectivity index (χ2v) is 3.85. The zero-order valence-electron chi connectivity index (χ0n) is 10.6. The predicted molar refractivity (Wildman–Crippen MR) is 76.2 cm³/mol. The lowest BCUT2D eigenvalue weighted by Crippen LogP contribution is -1.88. The van der Waals surface area contributed by atoms with Crippen molar-refractivity contribution in [2.45, 2.75) is 13.8 Å². The summed E-state index contributed by atoms with van der Waals surface area (Å²) in [5.74, 6) is 0. The number of anilines is 1. The van der Waals surface area contributed by atoms with E-state index < -0.39 is 0 Å². The topological polar surface area (TPSA) is 30.9 Å². The van der Waals surface area contributed by atoms with Crippen LogP contribution in [0.4, 0.5) is 5.69 Å². The Hall–Kier alpha value is -1.96. The van der Waals surface area contributed by atoms with Gasteiger partial charge < -0.3 is 10.3 Å². The molecule has 0 saturated heterocycles. The van der Waals surface area contributed by atoms with Crippen LogP contribution in [0.25, 0.3) is 21.8 Å². The van der Waals surface area contributed by atoms with Crippen LogP contribution in [0, 0.1) is 0 Å². The molecule has 0 saturated carbocycles. The molecule has 2 heteroatoms. The highest BCUT2D eigenvalue weighted by Gasteiger charge is 2.06. The summed E-state index contributed by atoms with van der Waals surface area (Å²) in [5, 5.41) is 2.55. The summed E-state index contributed by atoms with van der Waals surface area (Å²) >= 11 is 0. The van der Waals surface area contributed by atoms with E-state index in [-0.39, 0.29) is 0 Å². The molecule has 0 unspecified atom stereocenters. The average molecular weight is 226 g/mol. The lowest BCUT2D eigenvalue weighted by Gasteiger charge is -1.97. The molecule has 3 aromatic rings. The van der Waals surface area contributed by atoms with E-state index >= 15 is 0 Å². The number of hydrogen-bond acceptors (Lipinski definition) is 1. The van der Waals surface area contributed by atoms with Gasteiger partial charge in [-0.2, -0.15) is 0 Å². The van der Waals surface area contributed by atoms with Gasteiger partial charge >= 0.3 is 0 Å². The lowest BCUT2D eigenvalue weighted by atomic mass is 10.1. The Labute approximate surface area is 102 Å². The number of nitrogen functional groups attached to an aromatic ring is 1. The summed E-state index contributed by atoms with van der Waals surface area (Å²) in [7, 11) is 2.07. The minimum atomic E-state index is 0.813. The zero-order valence-corrected chi connectivity index (χ0v) is 10.6. The molecule has 1 heterocycles. The third-order valence-electron chi connectivity index (χ3n) is 2.94. The smallest absolute Gasteiger partial charge is 0.0509 e. The molecule has 2 N–H and O–H groups in total. The number of nitrogens with two attached hydrogens (primary N) is 1. The lowest BCUT2D eigenvalue weighted by molar-refractivity contribution is 1.01. The van der Waals surface area contributed by atoms with Crippen molar-refractivity contribution in [2.75, 3.05) is 5.73 Å². The normalized spacial score (nSPS) is 10.3. The maximum Gasteiger partial charge on any atom is 0.0509 e. The van der Waals surface area contributed by atoms with Crippen LogP contribution in [0.2, 0.25) is 0 Å². The van der Waals surface area contributed by atoms with E-state index in [0.717, 1.165) is 5.69 Å². The number of nitrogens with zero attached hydrogens (tertiary/aromatic N) is 1. The third kappa shape index (κ3) is 1.76. The van der Waals surface area contributed by atoms with E-state index in [2.05, 4.69) is 41.9 Å². The van der Waals surface area contributed by atoms with E-state index in [4.69, 9.17) is 5.73 Å². The fourth-order valence-electron chi connectivity index (χ4n) is 2.18. The van der Waals surface area contributed by atoms with Gasteiger partial charge in [0.15, 0.2) is 0 Å². The number of benzene rings is 2. The van der Waals surface area contributed by atoms with Crippen LogP contribution in [0.1, 0.15) is 13.8 Å². The van der Waals surface area contributed by atoms with E-state index in [1.165, 1.54) is 21.8 Å². The minimum absolute atomic E-state index is 0.813. The van der Waals surface area contributed by atoms with E-state index in [0.29, 0.717) is 0 Å². The van der Waals surface area contributed by atoms with Gasteiger partial charge in [-0.15, -0.1) is 0 Å². The van der Waals surface area contributed by atoms with Gasteiger partial charge in [0, 0.05) is 29.0 Å². The Balaban J connectivity index is 0.000000514. The van der Waals surface area contributed by atoms with E-state index in [1.807, 2.05) is 26.0 Å². The molecule has 3 rings (SSSR count). The first kappa shape index (κ1) is 11.5. The predicted octanol–water partition coefficient (Wildman–Crippen LogP) is 3.94. The maximum absolute atomic E-state index is 5.80. The van der Waals surface area contributed by atoms with Crippen LogP contribution in [0.15, 0.2) is 42.5 Å². The molecule has 0 aliphatic carbocycles. The Morgan fingerprint density at radius 3 is 2.29 bits per heavy atom. The zero-order chi connectivity index (χ0) is 12.4. The van der Waals surface area contributed by atoms with E-state index in [1.54, 1.807) is 0 Å². The van der Waals surface area contributed by atoms with Gasteiger partial charge in [-0.25, -0.2) is 0 Å². The molecule has 0 radical (unpaired) electrons. The number of para-hydroxylation sites is 1. The Morgan fingerprint density at radius 1 is 0.882 bits per heavy atom. The van der Waals surface area contributed by atoms with Crippen molar-refractivity contribution in [1.29, 1.82) is 0 Å². The highest BCUT2D eigenvalue weighted by molar-refractivity contribution is 6.08. The molecular weight excluding hydrogens is 208 g/mol. The standard InChI is InChI=1S/C13H12N2.C2H6/c1-15-12-5-3-2-4-10(12)11-7-6-9(14)8-13(11)15;1-2/h2-8H,14H2,1H3;1-2H3. The molecule has 0 spiro atoms. The van der Waals surface area contributed by atoms with Gasteiger partial charge in [0.25, 0.3) is 0 Å². The summed E-state index contributed by atoms with van der Waals surface area (Å²) in [6.45, 7) is 4.00. The fraction of sp³-hybridized carbons (Fsp3) is 0.200. The van der Waals surface area contributed by atoms with Crippen molar-refractivity contribution >= 4 is 27.5 Å². The summed E-state index contributed by atoms with van der Waals surface area (Å²) in [5.41, 5.74) is 9.05. The molecule has 0 amide bonds. The molecule has 0 atom stereocenters. The van der Waals surface area contributed by atoms with Crippen molar-refractivity contribution in [2.24, 2.45) is 7.05 Å². The van der Waals surface area contributed by atoms with Crippen molar-refractivity contribution in [1.82, 2.24) is 4.57 Å². The van der Waals surface area contributed by atoms with Crippen LogP contribution in [-0.2, 0) is 7.05 Å². The second kappa shape index (κ2) is 4.50. The summed E-state index contributed by atoms with van der Waals surface area (Å²) in [4.78, 5) is 0. The number of hydrogen-bond donors (Lipinski definition) is 1. The first-order chi connectivity index (χ1) is 8.27. The van der Waals surface area contributed by atoms with Crippen LogP contribution in [0.5, 0.6) is 0 Å². The molecule has 1 aromatic heterocycles. The van der Waals surface area contributed by atoms with Crippen molar-refractivity contribution in [3.8, 4) is 0 Å². The molecule has 2 aromatic carbocycles. The molecule has 17 heavy (non-hydrogen) atoms. The molecule has 2 nitrogen and oxygen atoms in total. The third-order valence-corrected chi connectivity index (χ3v) is 2.94. The van der Waals surface area contributed by atoms with Crippen LogP contribution < -0.4 is 5.73 Å². The molecule has 0 fully saturated rings. The Morgan fingerprint density at radius 2 is 1.53 bits per heavy atom. The number of fused-ring (bicyclic) bond motifs is 3. The van der Waals surface area contributed by atoms with Gasteiger partial charge in [-0.05, 0) is 18.2 Å². The summed E-state index contributed by atoms with van der Waals surface area (Å²) in [6.07, 6.45) is 0. The number of aryl methyl sites for hydroxylation is 1. The van der Waals surface area contributed by atoms with Crippen LogP contribution in [0.3, 0.4) is 0 Å². The highest BCUT2D eigenvalue weighted by atomic mass is 14.9. The maximum atomic E-state index is 5.80. The highest BCUT2D eigenvalue weighted by Crippen LogP contribution is 2.28. The van der Waals surface area contributed by atoms with Crippen molar-refractivity contribution in [3.05, 3.63) is 42.5 Å². The van der Waals surface area contributed by atoms with Crippen LogP contribution >= 0.6 is 0 Å². The molecule has 0 aliphatic heterocycles. The molecule has 88 valence electrons. The first-order valence-corrected chi connectivity index (χ1v) is 6.00. The van der Waals surface area contributed by atoms with Crippen molar-refractivity contribution < 1.29 is 0 Å². The second-order valence-electron chi connectivity index (χ2n) is 3.85. The Bertz CT molecular complexity index is 650. The first-order valence-electron chi connectivity index (χ1n) is 6.00. The van der Waals surface area contributed by atoms with Gasteiger partial charge in [0.2, 0.25) is 0 Å². The quantitative estimate of drug-likeness (QED) is 0.578. The molecule has 0 bridgehead atoms. The van der Waals surface area contributed by atoms with Gasteiger partial charge in [0.05, 0.1) is 5.52 Å². The number of rotatable bonds is 0. The van der Waals surface area contributed by atoms with Gasteiger partial charge in [-0.3, -0.25) is 0 Å². The largest absolute Gasteiger partial charge is 0.399 e. The van der Waals surface area contributed by atoms with Gasteiger partial charge in [0.1, 0.15) is 0 Å². The SMILES string of the molecule is CC.Cn1c2ccccc2c2ccc(N)cc21. The monoisotopic (exact) mass is 226 g/mol. The number of aromatic nitrogens is 1. The van der Waals surface area contributed by atoms with Gasteiger partial charge in [-0.1, -0.05) is 38.1 Å². The summed E-state index contributed by atoms with van der Waals surface area (Å²) in [6, 6.07) is 14.5.